The first-order chi connectivity index (χ1) is 8.88. The third-order valence-electron chi connectivity index (χ3n) is 3.16. The van der Waals surface area contributed by atoms with Crippen molar-refractivity contribution >= 4 is 11.6 Å². The summed E-state index contributed by atoms with van der Waals surface area (Å²) in [6.07, 6.45) is -1.27. The van der Waals surface area contributed by atoms with E-state index in [1.807, 2.05) is 0 Å². The van der Waals surface area contributed by atoms with E-state index in [-0.39, 0.29) is 11.3 Å². The number of carbonyl (C=O) groups excluding carboxylic acids is 1. The van der Waals surface area contributed by atoms with Crippen molar-refractivity contribution in [2.24, 2.45) is 5.92 Å². The highest BCUT2D eigenvalue weighted by molar-refractivity contribution is 5.99. The Morgan fingerprint density at radius 2 is 2.05 bits per heavy atom. The summed E-state index contributed by atoms with van der Waals surface area (Å²) in [6.45, 7) is 0.471. The zero-order valence-electron chi connectivity index (χ0n) is 10.3. The van der Waals surface area contributed by atoms with E-state index in [0.29, 0.717) is 12.5 Å². The van der Waals surface area contributed by atoms with Crippen molar-refractivity contribution in [3.05, 3.63) is 29.3 Å². The van der Waals surface area contributed by atoms with Gasteiger partial charge in [-0.3, -0.25) is 4.79 Å². The minimum atomic E-state index is -4.48. The van der Waals surface area contributed by atoms with Gasteiger partial charge in [0.15, 0.2) is 0 Å². The molecule has 1 aliphatic carbocycles. The minimum Gasteiger partial charge on any atom is -0.398 e. The van der Waals surface area contributed by atoms with Crippen molar-refractivity contribution in [1.82, 2.24) is 5.32 Å². The lowest BCUT2D eigenvalue weighted by Gasteiger charge is -2.11. The lowest BCUT2D eigenvalue weighted by atomic mass is 10.1. The first kappa shape index (κ1) is 13.7. The van der Waals surface area contributed by atoms with Gasteiger partial charge in [0.25, 0.3) is 5.91 Å². The van der Waals surface area contributed by atoms with E-state index >= 15 is 0 Å². The molecule has 0 radical (unpaired) electrons. The van der Waals surface area contributed by atoms with Crippen LogP contribution in [0.25, 0.3) is 0 Å². The molecule has 104 valence electrons. The Labute approximate surface area is 109 Å². The Bertz CT molecular complexity index is 481. The molecule has 3 nitrogen and oxygen atoms in total. The molecule has 0 spiro atoms. The summed E-state index contributed by atoms with van der Waals surface area (Å²) in [5, 5.41) is 2.60. The number of halogens is 3. The highest BCUT2D eigenvalue weighted by Crippen LogP contribution is 2.32. The van der Waals surface area contributed by atoms with Crippen LogP contribution in [0.1, 0.15) is 35.2 Å². The summed E-state index contributed by atoms with van der Waals surface area (Å²) in [6, 6.07) is 2.77. The van der Waals surface area contributed by atoms with Gasteiger partial charge in [0.2, 0.25) is 0 Å². The third-order valence-corrected chi connectivity index (χ3v) is 3.16. The summed E-state index contributed by atoms with van der Waals surface area (Å²) in [4.78, 5) is 11.8. The van der Waals surface area contributed by atoms with Crippen molar-refractivity contribution < 1.29 is 18.0 Å². The van der Waals surface area contributed by atoms with Crippen molar-refractivity contribution in [2.75, 3.05) is 12.3 Å². The number of nitrogens with one attached hydrogen (secondary N) is 1. The number of rotatable bonds is 4. The molecule has 1 aromatic rings. The second kappa shape index (κ2) is 5.11. The van der Waals surface area contributed by atoms with Crippen molar-refractivity contribution in [2.45, 2.75) is 25.4 Å². The number of anilines is 1. The molecule has 2 rings (SSSR count). The zero-order chi connectivity index (χ0) is 14.0. The van der Waals surface area contributed by atoms with Crippen LogP contribution in [0.2, 0.25) is 0 Å². The molecule has 0 aromatic heterocycles. The molecule has 0 atom stereocenters. The first-order valence-corrected chi connectivity index (χ1v) is 6.13. The van der Waals surface area contributed by atoms with Crippen molar-refractivity contribution in [1.29, 1.82) is 0 Å². The Hall–Kier alpha value is -1.72. The molecule has 19 heavy (non-hydrogen) atoms. The van der Waals surface area contributed by atoms with Crippen molar-refractivity contribution in [3.63, 3.8) is 0 Å². The molecule has 1 aliphatic rings. The van der Waals surface area contributed by atoms with Crippen LogP contribution in [0.5, 0.6) is 0 Å². The Balaban J connectivity index is 2.06. The lowest BCUT2D eigenvalue weighted by Crippen LogP contribution is -2.26. The second-order valence-corrected chi connectivity index (χ2v) is 4.79. The molecule has 0 saturated heterocycles. The Kier molecular flexibility index (Phi) is 3.68. The lowest BCUT2D eigenvalue weighted by molar-refractivity contribution is -0.137. The Morgan fingerprint density at radius 3 is 2.63 bits per heavy atom. The van der Waals surface area contributed by atoms with Gasteiger partial charge in [-0.25, -0.2) is 0 Å². The van der Waals surface area contributed by atoms with E-state index in [2.05, 4.69) is 5.32 Å². The molecule has 0 aliphatic heterocycles. The molecule has 1 fully saturated rings. The van der Waals surface area contributed by atoms with E-state index in [0.717, 1.165) is 24.6 Å². The van der Waals surface area contributed by atoms with Crippen LogP contribution in [-0.4, -0.2) is 12.5 Å². The van der Waals surface area contributed by atoms with Gasteiger partial charge < -0.3 is 11.1 Å². The largest absolute Gasteiger partial charge is 0.416 e. The van der Waals surface area contributed by atoms with Crippen LogP contribution in [0.15, 0.2) is 18.2 Å². The number of alkyl halides is 3. The fourth-order valence-electron chi connectivity index (χ4n) is 1.82. The maximum atomic E-state index is 12.6. The number of amides is 1. The topological polar surface area (TPSA) is 55.1 Å². The predicted molar refractivity (Wildman–Crippen MR) is 65.5 cm³/mol. The fourth-order valence-corrected chi connectivity index (χ4v) is 1.82. The quantitative estimate of drug-likeness (QED) is 0.828. The molecule has 0 heterocycles. The van der Waals surface area contributed by atoms with E-state index in [1.165, 1.54) is 12.8 Å². The summed E-state index contributed by atoms with van der Waals surface area (Å²) >= 11 is 0. The smallest absolute Gasteiger partial charge is 0.398 e. The van der Waals surface area contributed by atoms with Crippen LogP contribution in [0.4, 0.5) is 18.9 Å². The maximum absolute atomic E-state index is 12.6. The van der Waals surface area contributed by atoms with Crippen LogP contribution >= 0.6 is 0 Å². The van der Waals surface area contributed by atoms with Gasteiger partial charge in [-0.15, -0.1) is 0 Å². The monoisotopic (exact) mass is 272 g/mol. The third kappa shape index (κ3) is 3.62. The van der Waals surface area contributed by atoms with Gasteiger partial charge in [0, 0.05) is 12.2 Å². The van der Waals surface area contributed by atoms with Crippen LogP contribution in [0, 0.1) is 5.92 Å². The van der Waals surface area contributed by atoms with Gasteiger partial charge in [-0.2, -0.15) is 13.2 Å². The number of hydrogen-bond donors (Lipinski definition) is 2. The summed E-state index contributed by atoms with van der Waals surface area (Å²) in [7, 11) is 0. The van der Waals surface area contributed by atoms with Gasteiger partial charge in [0.1, 0.15) is 0 Å². The summed E-state index contributed by atoms with van der Waals surface area (Å²) < 4.78 is 37.7. The van der Waals surface area contributed by atoms with E-state index in [1.54, 1.807) is 0 Å². The fraction of sp³-hybridized carbons (Fsp3) is 0.462. The highest BCUT2D eigenvalue weighted by Gasteiger charge is 2.31. The average molecular weight is 272 g/mol. The zero-order valence-corrected chi connectivity index (χ0v) is 10.3. The Morgan fingerprint density at radius 1 is 1.37 bits per heavy atom. The maximum Gasteiger partial charge on any atom is 0.416 e. The SMILES string of the molecule is Nc1ccc(C(F)(F)F)cc1C(=O)NCCC1CC1. The van der Waals surface area contributed by atoms with E-state index in [4.69, 9.17) is 5.73 Å². The van der Waals surface area contributed by atoms with Crippen LogP contribution in [0.3, 0.4) is 0 Å². The van der Waals surface area contributed by atoms with Crippen LogP contribution in [-0.2, 0) is 6.18 Å². The standard InChI is InChI=1S/C13H15F3N2O/c14-13(15,16)9-3-4-11(17)10(7-9)12(19)18-6-5-8-1-2-8/h3-4,7-8H,1-2,5-6,17H2,(H,18,19). The van der Waals surface area contributed by atoms with Crippen LogP contribution < -0.4 is 11.1 Å². The molecular formula is C13H15F3N2O. The summed E-state index contributed by atoms with van der Waals surface area (Å²) in [5.41, 5.74) is 4.62. The number of benzene rings is 1. The van der Waals surface area contributed by atoms with Gasteiger partial charge in [0.05, 0.1) is 11.1 Å². The normalized spacial score (nSPS) is 15.3. The number of carbonyl (C=O) groups is 1. The molecule has 0 unspecified atom stereocenters. The number of nitrogen functional groups attached to an aromatic ring is 1. The predicted octanol–water partition coefficient (Wildman–Crippen LogP) is 2.82. The molecule has 6 heteroatoms. The number of hydrogen-bond acceptors (Lipinski definition) is 2. The second-order valence-electron chi connectivity index (χ2n) is 4.79. The van der Waals surface area contributed by atoms with Gasteiger partial charge >= 0.3 is 6.18 Å². The molecule has 1 aromatic carbocycles. The van der Waals surface area contributed by atoms with E-state index in [9.17, 15) is 18.0 Å². The van der Waals surface area contributed by atoms with E-state index < -0.39 is 17.6 Å². The minimum absolute atomic E-state index is 0.0527. The number of nitrogens with two attached hydrogens (primary N) is 1. The molecule has 1 amide bonds. The molecule has 3 N–H and O–H groups in total. The molecule has 1 saturated carbocycles. The van der Waals surface area contributed by atoms with Crippen molar-refractivity contribution in [3.8, 4) is 0 Å². The molecule has 0 bridgehead atoms. The van der Waals surface area contributed by atoms with Gasteiger partial charge in [-0.05, 0) is 30.5 Å². The highest BCUT2D eigenvalue weighted by atomic mass is 19.4. The summed E-state index contributed by atoms with van der Waals surface area (Å²) in [5.74, 6) is 0.100. The van der Waals surface area contributed by atoms with Gasteiger partial charge in [-0.1, -0.05) is 12.8 Å². The average Bonchev–Trinajstić information content (AvgIpc) is 3.12. The first-order valence-electron chi connectivity index (χ1n) is 6.13. The molecular weight excluding hydrogens is 257 g/mol.